The Hall–Kier alpha value is -0.160. The summed E-state index contributed by atoms with van der Waals surface area (Å²) >= 11 is 0. The highest BCUT2D eigenvalue weighted by Crippen LogP contribution is 2.08. The largest absolute Gasteiger partial charge is 0.380 e. The first kappa shape index (κ1) is 26.8. The van der Waals surface area contributed by atoms with Crippen LogP contribution < -0.4 is 10.6 Å². The van der Waals surface area contributed by atoms with Crippen molar-refractivity contribution in [1.29, 1.82) is 0 Å². The van der Waals surface area contributed by atoms with Crippen LogP contribution in [0.3, 0.4) is 0 Å². The Morgan fingerprint density at radius 1 is 0.519 bits per heavy atom. The summed E-state index contributed by atoms with van der Waals surface area (Å²) in [5.74, 6) is 1.22. The normalized spacial score (nSPS) is 14.7. The summed E-state index contributed by atoms with van der Waals surface area (Å²) in [6.07, 6.45) is 6.13. The molecule has 4 heteroatoms. The first-order valence-corrected chi connectivity index (χ1v) is 11.4. The molecule has 27 heavy (non-hydrogen) atoms. The Kier molecular flexibility index (Phi) is 16.7. The highest BCUT2D eigenvalue weighted by molar-refractivity contribution is 4.72. The van der Waals surface area contributed by atoms with Crippen molar-refractivity contribution in [1.82, 2.24) is 10.6 Å². The van der Waals surface area contributed by atoms with E-state index in [0.717, 1.165) is 26.4 Å². The number of nitrogens with one attached hydrogen (secondary N) is 2. The van der Waals surface area contributed by atoms with Crippen molar-refractivity contribution < 1.29 is 9.47 Å². The van der Waals surface area contributed by atoms with Gasteiger partial charge in [-0.2, -0.15) is 0 Å². The van der Waals surface area contributed by atoms with Gasteiger partial charge in [0.2, 0.25) is 0 Å². The van der Waals surface area contributed by atoms with Gasteiger partial charge in [-0.05, 0) is 24.7 Å². The van der Waals surface area contributed by atoms with E-state index in [4.69, 9.17) is 9.47 Å². The zero-order valence-corrected chi connectivity index (χ0v) is 19.6. The molecule has 0 aromatic heterocycles. The average Bonchev–Trinajstić information content (AvgIpc) is 2.56. The first-order chi connectivity index (χ1) is 12.7. The van der Waals surface area contributed by atoms with Crippen molar-refractivity contribution in [3.63, 3.8) is 0 Å². The van der Waals surface area contributed by atoms with Crippen LogP contribution >= 0.6 is 0 Å². The first-order valence-electron chi connectivity index (χ1n) is 11.4. The van der Waals surface area contributed by atoms with Crippen LogP contribution in [-0.4, -0.2) is 50.6 Å². The van der Waals surface area contributed by atoms with Crippen molar-refractivity contribution in [2.75, 3.05) is 26.4 Å². The van der Waals surface area contributed by atoms with E-state index in [2.05, 4.69) is 66.0 Å². The minimum Gasteiger partial charge on any atom is -0.380 e. The van der Waals surface area contributed by atoms with Crippen LogP contribution in [0.5, 0.6) is 0 Å². The maximum absolute atomic E-state index is 5.89. The van der Waals surface area contributed by atoms with Crippen molar-refractivity contribution in [3.05, 3.63) is 0 Å². The molecule has 2 atom stereocenters. The molecule has 0 rings (SSSR count). The van der Waals surface area contributed by atoms with Crippen LogP contribution in [0.1, 0.15) is 87.5 Å². The van der Waals surface area contributed by atoms with Crippen LogP contribution in [0.25, 0.3) is 0 Å². The fraction of sp³-hybridized carbons (Fsp3) is 1.00. The third kappa shape index (κ3) is 16.5. The molecule has 0 saturated heterocycles. The second kappa shape index (κ2) is 16.8. The Balaban J connectivity index is 3.54. The number of hydrogen-bond donors (Lipinski definition) is 2. The molecule has 4 nitrogen and oxygen atoms in total. The van der Waals surface area contributed by atoms with Gasteiger partial charge in [-0.15, -0.1) is 0 Å². The molecule has 0 fully saturated rings. The molecule has 0 spiro atoms. The van der Waals surface area contributed by atoms with E-state index in [1.54, 1.807) is 0 Å². The van der Waals surface area contributed by atoms with Crippen molar-refractivity contribution in [2.45, 2.75) is 112 Å². The second-order valence-electron chi connectivity index (χ2n) is 9.26. The maximum Gasteiger partial charge on any atom is 0.0622 e. The lowest BCUT2D eigenvalue weighted by atomic mass is 10.0. The summed E-state index contributed by atoms with van der Waals surface area (Å²) < 4.78 is 11.8. The van der Waals surface area contributed by atoms with Gasteiger partial charge in [0.15, 0.2) is 0 Å². The van der Waals surface area contributed by atoms with Gasteiger partial charge < -0.3 is 20.1 Å². The van der Waals surface area contributed by atoms with Crippen LogP contribution in [0, 0.1) is 11.8 Å². The van der Waals surface area contributed by atoms with E-state index in [1.807, 2.05) is 0 Å². The van der Waals surface area contributed by atoms with Gasteiger partial charge >= 0.3 is 0 Å². The maximum atomic E-state index is 5.89. The third-order valence-corrected chi connectivity index (χ3v) is 4.88. The molecule has 0 radical (unpaired) electrons. The van der Waals surface area contributed by atoms with E-state index in [1.165, 1.54) is 32.1 Å². The summed E-state index contributed by atoms with van der Waals surface area (Å²) in [7, 11) is 0. The van der Waals surface area contributed by atoms with Gasteiger partial charge in [-0.25, -0.2) is 0 Å². The molecular weight excluding hydrogens is 336 g/mol. The molecule has 2 N–H and O–H groups in total. The number of ether oxygens (including phenoxy) is 2. The Morgan fingerprint density at radius 2 is 0.852 bits per heavy atom. The molecular formula is C23H50N2O2. The predicted molar refractivity (Wildman–Crippen MR) is 119 cm³/mol. The standard InChI is InChI=1S/C23H50N2O2/c1-18(2)22(24-20(5)6)16-26-14-12-10-9-11-13-15-27-17-23(19(3)4)25-21(7)8/h18-25H,9-17H2,1-8H3/t22-,23-/m1/s1. The zero-order chi connectivity index (χ0) is 20.7. The highest BCUT2D eigenvalue weighted by Gasteiger charge is 2.14. The summed E-state index contributed by atoms with van der Waals surface area (Å²) in [6, 6.07) is 1.95. The average molecular weight is 387 g/mol. The quantitative estimate of drug-likeness (QED) is 0.325. The molecule has 0 aromatic carbocycles. The summed E-state index contributed by atoms with van der Waals surface area (Å²) in [5.41, 5.74) is 0. The molecule has 164 valence electrons. The topological polar surface area (TPSA) is 42.5 Å². The summed E-state index contributed by atoms with van der Waals surface area (Å²) in [6.45, 7) is 21.2. The molecule has 0 saturated carbocycles. The number of unbranched alkanes of at least 4 members (excludes halogenated alkanes) is 4. The van der Waals surface area contributed by atoms with Gasteiger partial charge in [-0.1, -0.05) is 74.7 Å². The lowest BCUT2D eigenvalue weighted by Gasteiger charge is -2.24. The van der Waals surface area contributed by atoms with Gasteiger partial charge in [0.25, 0.3) is 0 Å². The van der Waals surface area contributed by atoms with E-state index < -0.39 is 0 Å². The summed E-state index contributed by atoms with van der Waals surface area (Å²) in [4.78, 5) is 0. The molecule has 0 bridgehead atoms. The number of rotatable bonds is 18. The van der Waals surface area contributed by atoms with Crippen molar-refractivity contribution in [3.8, 4) is 0 Å². The van der Waals surface area contributed by atoms with E-state index in [-0.39, 0.29) is 0 Å². The van der Waals surface area contributed by atoms with Crippen LogP contribution in [-0.2, 0) is 9.47 Å². The molecule has 0 unspecified atom stereocenters. The van der Waals surface area contributed by atoms with Crippen LogP contribution in [0.4, 0.5) is 0 Å². The van der Waals surface area contributed by atoms with Crippen molar-refractivity contribution in [2.24, 2.45) is 11.8 Å². The van der Waals surface area contributed by atoms with Gasteiger partial charge in [0.1, 0.15) is 0 Å². The molecule has 0 aliphatic heterocycles. The van der Waals surface area contributed by atoms with Crippen LogP contribution in [0.2, 0.25) is 0 Å². The SMILES string of the molecule is CC(C)N[C@H](COCCCCCCCOC[C@@H](NC(C)C)C(C)C)C(C)C. The molecule has 0 aliphatic carbocycles. The predicted octanol–water partition coefficient (Wildman–Crippen LogP) is 5.02. The Morgan fingerprint density at radius 3 is 1.15 bits per heavy atom. The molecule has 0 heterocycles. The van der Waals surface area contributed by atoms with E-state index in [0.29, 0.717) is 36.0 Å². The monoisotopic (exact) mass is 386 g/mol. The minimum atomic E-state index is 0.460. The third-order valence-electron chi connectivity index (χ3n) is 4.88. The fourth-order valence-corrected chi connectivity index (χ4v) is 3.08. The van der Waals surface area contributed by atoms with Gasteiger partial charge in [0, 0.05) is 37.4 Å². The lowest BCUT2D eigenvalue weighted by molar-refractivity contribution is 0.0886. The lowest BCUT2D eigenvalue weighted by Crippen LogP contribution is -2.42. The smallest absolute Gasteiger partial charge is 0.0622 e. The van der Waals surface area contributed by atoms with E-state index in [9.17, 15) is 0 Å². The summed E-state index contributed by atoms with van der Waals surface area (Å²) in [5, 5.41) is 7.18. The van der Waals surface area contributed by atoms with Crippen LogP contribution in [0.15, 0.2) is 0 Å². The molecule has 0 aromatic rings. The highest BCUT2D eigenvalue weighted by atomic mass is 16.5. The zero-order valence-electron chi connectivity index (χ0n) is 19.6. The van der Waals surface area contributed by atoms with E-state index >= 15 is 0 Å². The minimum absolute atomic E-state index is 0.460. The van der Waals surface area contributed by atoms with Gasteiger partial charge in [-0.3, -0.25) is 0 Å². The molecule has 0 amide bonds. The molecule has 0 aliphatic rings. The fourth-order valence-electron chi connectivity index (χ4n) is 3.08. The van der Waals surface area contributed by atoms with Crippen molar-refractivity contribution >= 4 is 0 Å². The van der Waals surface area contributed by atoms with Gasteiger partial charge in [0.05, 0.1) is 13.2 Å². The number of hydrogen-bond acceptors (Lipinski definition) is 4. The second-order valence-corrected chi connectivity index (χ2v) is 9.26. The Labute approximate surface area is 170 Å². The Bertz CT molecular complexity index is 290.